The zero-order valence-electron chi connectivity index (χ0n) is 22.3. The predicted molar refractivity (Wildman–Crippen MR) is 140 cm³/mol. The quantitative estimate of drug-likeness (QED) is 0.589. The van der Waals surface area contributed by atoms with E-state index < -0.39 is 33.8 Å². The van der Waals surface area contributed by atoms with Gasteiger partial charge in [0.1, 0.15) is 12.2 Å². The summed E-state index contributed by atoms with van der Waals surface area (Å²) in [4.78, 5) is 26.9. The van der Waals surface area contributed by atoms with Crippen molar-refractivity contribution in [1.29, 1.82) is 0 Å². The SMILES string of the molecule is CCN(C(=O)OC(C)(C)C)C1COc2c(S(=O)(=O)NC(=O)Nc3c4c(cc5c3CCC5)CCC4)cnn2C1. The van der Waals surface area contributed by atoms with Crippen LogP contribution in [0.2, 0.25) is 0 Å². The summed E-state index contributed by atoms with van der Waals surface area (Å²) in [6, 6.07) is 1.04. The third-order valence-corrected chi connectivity index (χ3v) is 8.51. The lowest BCUT2D eigenvalue weighted by atomic mass is 9.99. The number of benzene rings is 1. The lowest BCUT2D eigenvalue weighted by Gasteiger charge is -2.35. The topological polar surface area (TPSA) is 132 Å². The van der Waals surface area contributed by atoms with Crippen molar-refractivity contribution in [3.05, 3.63) is 34.5 Å². The highest BCUT2D eigenvalue weighted by Crippen LogP contribution is 2.38. The Balaban J connectivity index is 1.30. The second-order valence-corrected chi connectivity index (χ2v) is 12.7. The number of anilines is 1. The number of hydrogen-bond acceptors (Lipinski definition) is 7. The highest BCUT2D eigenvalue weighted by Gasteiger charge is 2.36. The Morgan fingerprint density at radius 2 is 1.82 bits per heavy atom. The van der Waals surface area contributed by atoms with Gasteiger partial charge in [-0.2, -0.15) is 5.10 Å². The molecule has 1 aliphatic heterocycles. The zero-order valence-corrected chi connectivity index (χ0v) is 23.1. The Labute approximate surface area is 222 Å². The average Bonchev–Trinajstić information content (AvgIpc) is 3.57. The molecule has 0 bridgehead atoms. The maximum Gasteiger partial charge on any atom is 0.410 e. The molecule has 3 amide bonds. The number of aryl methyl sites for hydroxylation is 2. The van der Waals surface area contributed by atoms with Crippen LogP contribution in [0.25, 0.3) is 0 Å². The van der Waals surface area contributed by atoms with E-state index in [9.17, 15) is 18.0 Å². The third kappa shape index (κ3) is 5.05. The summed E-state index contributed by atoms with van der Waals surface area (Å²) in [7, 11) is -4.27. The van der Waals surface area contributed by atoms with Gasteiger partial charge in [0.15, 0.2) is 4.90 Å². The highest BCUT2D eigenvalue weighted by molar-refractivity contribution is 7.90. The smallest absolute Gasteiger partial charge is 0.410 e. The molecule has 0 spiro atoms. The minimum absolute atomic E-state index is 0.0308. The van der Waals surface area contributed by atoms with Crippen molar-refractivity contribution < 1.29 is 27.5 Å². The van der Waals surface area contributed by atoms with Crippen molar-refractivity contribution in [2.24, 2.45) is 0 Å². The number of aromatic nitrogens is 2. The van der Waals surface area contributed by atoms with Crippen molar-refractivity contribution in [1.82, 2.24) is 19.4 Å². The molecule has 2 N–H and O–H groups in total. The summed E-state index contributed by atoms with van der Waals surface area (Å²) < 4.78 is 41.2. The van der Waals surface area contributed by atoms with Gasteiger partial charge in [0, 0.05) is 12.2 Å². The number of sulfonamides is 1. The largest absolute Gasteiger partial charge is 0.475 e. The molecule has 0 saturated carbocycles. The molecule has 0 radical (unpaired) electrons. The Kier molecular flexibility index (Phi) is 6.79. The van der Waals surface area contributed by atoms with Crippen LogP contribution in [0.5, 0.6) is 5.88 Å². The lowest BCUT2D eigenvalue weighted by molar-refractivity contribution is 0.00407. The van der Waals surface area contributed by atoms with Crippen molar-refractivity contribution in [3.63, 3.8) is 0 Å². The van der Waals surface area contributed by atoms with E-state index in [0.29, 0.717) is 6.54 Å². The number of nitrogens with zero attached hydrogens (tertiary/aromatic N) is 3. The molecule has 2 aromatic rings. The molecule has 1 aromatic carbocycles. The fraction of sp³-hybridized carbons (Fsp3) is 0.577. The molecule has 1 aromatic heterocycles. The molecular weight excluding hydrogens is 510 g/mol. The van der Waals surface area contributed by atoms with Gasteiger partial charge in [-0.1, -0.05) is 6.07 Å². The highest BCUT2D eigenvalue weighted by atomic mass is 32.2. The van der Waals surface area contributed by atoms with Gasteiger partial charge in [-0.3, -0.25) is 0 Å². The maximum absolute atomic E-state index is 13.2. The second-order valence-electron chi connectivity index (χ2n) is 11.0. The van der Waals surface area contributed by atoms with E-state index >= 15 is 0 Å². The number of nitrogens with one attached hydrogen (secondary N) is 2. The van der Waals surface area contributed by atoms with Crippen molar-refractivity contribution in [2.75, 3.05) is 18.5 Å². The first-order chi connectivity index (χ1) is 18.0. The third-order valence-electron chi connectivity index (χ3n) is 7.19. The Bertz CT molecular complexity index is 1350. The fourth-order valence-corrected chi connectivity index (χ4v) is 6.56. The van der Waals surface area contributed by atoms with Gasteiger partial charge in [0.05, 0.1) is 18.8 Å². The molecule has 12 heteroatoms. The van der Waals surface area contributed by atoms with Crippen LogP contribution in [0.3, 0.4) is 0 Å². The van der Waals surface area contributed by atoms with Crippen LogP contribution in [0, 0.1) is 0 Å². The first-order valence-electron chi connectivity index (χ1n) is 13.2. The summed E-state index contributed by atoms with van der Waals surface area (Å²) >= 11 is 0. The number of likely N-dealkylation sites (N-methyl/N-ethyl adjacent to an activating group) is 1. The number of carbonyl (C=O) groups is 2. The van der Waals surface area contributed by atoms with Crippen molar-refractivity contribution in [3.8, 4) is 5.88 Å². The minimum Gasteiger partial charge on any atom is -0.475 e. The molecule has 38 heavy (non-hydrogen) atoms. The first-order valence-corrected chi connectivity index (χ1v) is 14.6. The number of hydrogen-bond donors (Lipinski definition) is 2. The maximum atomic E-state index is 13.2. The molecule has 5 rings (SSSR count). The molecule has 2 heterocycles. The second kappa shape index (κ2) is 9.79. The van der Waals surface area contributed by atoms with Crippen LogP contribution in [-0.2, 0) is 47.0 Å². The Morgan fingerprint density at radius 3 is 2.42 bits per heavy atom. The van der Waals surface area contributed by atoms with Gasteiger partial charge in [-0.05, 0) is 88.5 Å². The fourth-order valence-electron chi connectivity index (χ4n) is 5.57. The van der Waals surface area contributed by atoms with Crippen LogP contribution < -0.4 is 14.8 Å². The predicted octanol–water partition coefficient (Wildman–Crippen LogP) is 3.39. The van der Waals surface area contributed by atoms with Crippen molar-refractivity contribution in [2.45, 2.75) is 89.3 Å². The molecular formula is C26H35N5O6S. The summed E-state index contributed by atoms with van der Waals surface area (Å²) in [5.74, 6) is 0.0308. The number of carbonyl (C=O) groups excluding carboxylic acids is 2. The summed E-state index contributed by atoms with van der Waals surface area (Å²) in [6.07, 6.45) is 6.42. The normalized spacial score (nSPS) is 18.2. The Morgan fingerprint density at radius 1 is 1.16 bits per heavy atom. The van der Waals surface area contributed by atoms with Crippen LogP contribution in [0.15, 0.2) is 17.2 Å². The number of amides is 3. The molecule has 206 valence electrons. The van der Waals surface area contributed by atoms with E-state index in [-0.39, 0.29) is 23.9 Å². The van der Waals surface area contributed by atoms with E-state index in [1.165, 1.54) is 20.7 Å². The minimum atomic E-state index is -4.27. The number of rotatable bonds is 5. The monoisotopic (exact) mass is 545 g/mol. The van der Waals surface area contributed by atoms with Gasteiger partial charge < -0.3 is 19.7 Å². The van der Waals surface area contributed by atoms with Gasteiger partial charge in [0.25, 0.3) is 10.0 Å². The summed E-state index contributed by atoms with van der Waals surface area (Å²) in [5.41, 5.74) is 4.82. The molecule has 11 nitrogen and oxygen atoms in total. The van der Waals surface area contributed by atoms with E-state index in [2.05, 4.69) is 21.2 Å². The van der Waals surface area contributed by atoms with Gasteiger partial charge in [-0.15, -0.1) is 0 Å². The van der Waals surface area contributed by atoms with Gasteiger partial charge in [0.2, 0.25) is 5.88 Å². The molecule has 3 aliphatic rings. The van der Waals surface area contributed by atoms with Crippen molar-refractivity contribution >= 4 is 27.8 Å². The number of urea groups is 1. The van der Waals surface area contributed by atoms with Gasteiger partial charge >= 0.3 is 12.1 Å². The van der Waals surface area contributed by atoms with Crippen LogP contribution >= 0.6 is 0 Å². The van der Waals surface area contributed by atoms with Crippen LogP contribution in [0.1, 0.15) is 62.8 Å². The van der Waals surface area contributed by atoms with E-state index in [4.69, 9.17) is 9.47 Å². The molecule has 0 saturated heterocycles. The zero-order chi connectivity index (χ0) is 27.2. The summed E-state index contributed by atoms with van der Waals surface area (Å²) in [5, 5.41) is 7.02. The number of ether oxygens (including phenoxy) is 2. The van der Waals surface area contributed by atoms with E-state index in [0.717, 1.165) is 61.5 Å². The average molecular weight is 546 g/mol. The van der Waals surface area contributed by atoms with Crippen LogP contribution in [-0.4, -0.2) is 60.0 Å². The van der Waals surface area contributed by atoms with Crippen LogP contribution in [0.4, 0.5) is 15.3 Å². The van der Waals surface area contributed by atoms with Gasteiger partial charge in [-0.25, -0.2) is 27.4 Å². The summed E-state index contributed by atoms with van der Waals surface area (Å²) in [6.45, 7) is 7.89. The number of fused-ring (bicyclic) bond motifs is 3. The standard InChI is InChI=1S/C26H35N5O6S/c1-5-30(25(33)37-26(2,3)4)18-14-31-23(36-15-18)21(13-27-31)38(34,35)29-24(32)28-22-19-10-6-8-16(19)12-17-9-7-11-20(17)22/h12-13,18H,5-11,14-15H2,1-4H3,(H2,28,29,32). The Hall–Kier alpha value is -3.28. The van der Waals surface area contributed by atoms with E-state index in [1.54, 1.807) is 20.8 Å². The molecule has 2 aliphatic carbocycles. The first kappa shape index (κ1) is 26.3. The lowest BCUT2D eigenvalue weighted by Crippen LogP contribution is -2.49. The molecule has 1 atom stereocenters. The van der Waals surface area contributed by atoms with E-state index in [1.807, 2.05) is 6.92 Å². The molecule has 0 fully saturated rings. The molecule has 1 unspecified atom stereocenters.